The topological polar surface area (TPSA) is 74.8 Å². The summed E-state index contributed by atoms with van der Waals surface area (Å²) in [6.07, 6.45) is 5.40. The summed E-state index contributed by atoms with van der Waals surface area (Å²) in [6, 6.07) is 10.6. The number of halogens is 1. The third kappa shape index (κ3) is 8.22. The molecule has 0 bridgehead atoms. The molecule has 0 unspecified atom stereocenters. The number of rotatable bonds is 11. The number of morpholine rings is 1. The molecule has 1 aliphatic heterocycles. The van der Waals surface area contributed by atoms with Gasteiger partial charge in [-0.1, -0.05) is 11.6 Å². The Morgan fingerprint density at radius 3 is 2.50 bits per heavy atom. The molecule has 1 N–H and O–H groups in total. The van der Waals surface area contributed by atoms with Gasteiger partial charge in [0.2, 0.25) is 5.91 Å². The largest absolute Gasteiger partial charge is 0.379 e. The first-order valence-electron chi connectivity index (χ1n) is 11.1. The van der Waals surface area contributed by atoms with Gasteiger partial charge >= 0.3 is 0 Å². The van der Waals surface area contributed by atoms with E-state index in [2.05, 4.69) is 15.2 Å². The normalized spacial score (nSPS) is 14.2. The third-order valence-corrected chi connectivity index (χ3v) is 5.69. The van der Waals surface area contributed by atoms with E-state index < -0.39 is 0 Å². The predicted molar refractivity (Wildman–Crippen MR) is 125 cm³/mol. The van der Waals surface area contributed by atoms with Gasteiger partial charge in [0.25, 0.3) is 5.91 Å². The van der Waals surface area contributed by atoms with E-state index in [9.17, 15) is 9.59 Å². The van der Waals surface area contributed by atoms with E-state index in [0.717, 1.165) is 44.8 Å². The van der Waals surface area contributed by atoms with Crippen molar-refractivity contribution in [3.63, 3.8) is 0 Å². The van der Waals surface area contributed by atoms with Crippen LogP contribution >= 0.6 is 11.6 Å². The van der Waals surface area contributed by atoms with Crippen molar-refractivity contribution in [2.75, 3.05) is 45.9 Å². The molecule has 1 saturated heterocycles. The number of nitrogens with zero attached hydrogens (tertiary/aromatic N) is 3. The fourth-order valence-electron chi connectivity index (χ4n) is 3.61. The summed E-state index contributed by atoms with van der Waals surface area (Å²) in [5.74, 6) is -0.0576. The standard InChI is InChI=1S/C24H31ClN4O3/c25-22-6-4-21(5-7-22)24(31)27-10-1-3-23(30)29(19-20-8-11-26-12-9-20)14-2-13-28-15-17-32-18-16-28/h4-9,11-12H,1-3,10,13-19H2,(H,27,31). The Morgan fingerprint density at radius 1 is 1.06 bits per heavy atom. The molecule has 172 valence electrons. The number of amides is 2. The van der Waals surface area contributed by atoms with Gasteiger partial charge in [0.1, 0.15) is 0 Å². The maximum absolute atomic E-state index is 12.9. The van der Waals surface area contributed by atoms with Crippen LogP contribution in [0.1, 0.15) is 35.2 Å². The number of ether oxygens (including phenoxy) is 1. The van der Waals surface area contributed by atoms with Crippen LogP contribution in [0, 0.1) is 0 Å². The lowest BCUT2D eigenvalue weighted by molar-refractivity contribution is -0.132. The van der Waals surface area contributed by atoms with E-state index in [4.69, 9.17) is 16.3 Å². The van der Waals surface area contributed by atoms with Gasteiger partial charge in [-0.25, -0.2) is 0 Å². The quantitative estimate of drug-likeness (QED) is 0.524. The molecule has 2 aromatic rings. The number of aromatic nitrogens is 1. The smallest absolute Gasteiger partial charge is 0.251 e. The summed E-state index contributed by atoms with van der Waals surface area (Å²) in [5.41, 5.74) is 1.62. The van der Waals surface area contributed by atoms with E-state index >= 15 is 0 Å². The van der Waals surface area contributed by atoms with Gasteiger partial charge in [-0.3, -0.25) is 19.5 Å². The highest BCUT2D eigenvalue weighted by Crippen LogP contribution is 2.10. The highest BCUT2D eigenvalue weighted by Gasteiger charge is 2.16. The minimum absolute atomic E-state index is 0.101. The van der Waals surface area contributed by atoms with E-state index in [0.29, 0.717) is 43.1 Å². The van der Waals surface area contributed by atoms with Crippen LogP contribution in [-0.2, 0) is 16.1 Å². The summed E-state index contributed by atoms with van der Waals surface area (Å²) in [7, 11) is 0. The van der Waals surface area contributed by atoms with Crippen LogP contribution in [0.5, 0.6) is 0 Å². The maximum atomic E-state index is 12.9. The number of pyridine rings is 1. The number of carbonyl (C=O) groups excluding carboxylic acids is 2. The van der Waals surface area contributed by atoms with Crippen molar-refractivity contribution in [3.05, 3.63) is 64.9 Å². The average molecular weight is 459 g/mol. The molecular weight excluding hydrogens is 428 g/mol. The van der Waals surface area contributed by atoms with Gasteiger partial charge < -0.3 is 15.0 Å². The molecule has 0 saturated carbocycles. The van der Waals surface area contributed by atoms with E-state index in [1.54, 1.807) is 36.7 Å². The molecule has 2 heterocycles. The summed E-state index contributed by atoms with van der Waals surface area (Å²) < 4.78 is 5.40. The summed E-state index contributed by atoms with van der Waals surface area (Å²) in [6.45, 7) is 6.14. The van der Waals surface area contributed by atoms with Gasteiger partial charge in [0.15, 0.2) is 0 Å². The lowest BCUT2D eigenvalue weighted by atomic mass is 10.2. The second-order valence-electron chi connectivity index (χ2n) is 7.84. The average Bonchev–Trinajstić information content (AvgIpc) is 2.82. The molecule has 0 spiro atoms. The van der Waals surface area contributed by atoms with E-state index in [1.807, 2.05) is 17.0 Å². The number of carbonyl (C=O) groups is 2. The fourth-order valence-corrected chi connectivity index (χ4v) is 3.74. The second-order valence-corrected chi connectivity index (χ2v) is 8.28. The Labute approximate surface area is 194 Å². The molecule has 1 aromatic carbocycles. The number of hydrogen-bond acceptors (Lipinski definition) is 5. The molecule has 0 radical (unpaired) electrons. The summed E-state index contributed by atoms with van der Waals surface area (Å²) in [5, 5.41) is 3.46. The first-order chi connectivity index (χ1) is 15.6. The minimum Gasteiger partial charge on any atom is -0.379 e. The molecular formula is C24H31ClN4O3. The van der Waals surface area contributed by atoms with Crippen molar-refractivity contribution in [1.29, 1.82) is 0 Å². The zero-order chi connectivity index (χ0) is 22.6. The van der Waals surface area contributed by atoms with Crippen LogP contribution in [-0.4, -0.2) is 72.5 Å². The van der Waals surface area contributed by atoms with Crippen molar-refractivity contribution >= 4 is 23.4 Å². The molecule has 1 fully saturated rings. The molecule has 2 amide bonds. The van der Waals surface area contributed by atoms with Crippen molar-refractivity contribution in [2.24, 2.45) is 0 Å². The fraction of sp³-hybridized carbons (Fsp3) is 0.458. The van der Waals surface area contributed by atoms with Crippen LogP contribution in [0.3, 0.4) is 0 Å². The molecule has 7 nitrogen and oxygen atoms in total. The van der Waals surface area contributed by atoms with E-state index in [1.165, 1.54) is 0 Å². The Balaban J connectivity index is 1.44. The molecule has 3 rings (SSSR count). The van der Waals surface area contributed by atoms with Crippen LogP contribution in [0.4, 0.5) is 0 Å². The van der Waals surface area contributed by atoms with Crippen molar-refractivity contribution < 1.29 is 14.3 Å². The lowest BCUT2D eigenvalue weighted by Crippen LogP contribution is -2.39. The van der Waals surface area contributed by atoms with E-state index in [-0.39, 0.29) is 11.8 Å². The molecule has 1 aromatic heterocycles. The third-order valence-electron chi connectivity index (χ3n) is 5.44. The molecule has 0 atom stereocenters. The molecule has 0 aliphatic carbocycles. The first kappa shape index (κ1) is 24.2. The Morgan fingerprint density at radius 2 is 1.78 bits per heavy atom. The monoisotopic (exact) mass is 458 g/mol. The number of hydrogen-bond donors (Lipinski definition) is 1. The second kappa shape index (κ2) is 13.2. The lowest BCUT2D eigenvalue weighted by Gasteiger charge is -2.28. The zero-order valence-corrected chi connectivity index (χ0v) is 19.1. The van der Waals surface area contributed by atoms with Gasteiger partial charge in [-0.15, -0.1) is 0 Å². The number of benzene rings is 1. The van der Waals surface area contributed by atoms with Crippen molar-refractivity contribution in [3.8, 4) is 0 Å². The molecule has 1 aliphatic rings. The number of nitrogens with one attached hydrogen (secondary N) is 1. The van der Waals surface area contributed by atoms with Crippen LogP contribution in [0.25, 0.3) is 0 Å². The van der Waals surface area contributed by atoms with Gasteiger partial charge in [0, 0.05) is 68.7 Å². The van der Waals surface area contributed by atoms with Crippen LogP contribution in [0.15, 0.2) is 48.8 Å². The summed E-state index contributed by atoms with van der Waals surface area (Å²) >= 11 is 5.86. The predicted octanol–water partition coefficient (Wildman–Crippen LogP) is 3.00. The first-order valence-corrected chi connectivity index (χ1v) is 11.5. The Bertz CT molecular complexity index is 842. The van der Waals surface area contributed by atoms with Crippen molar-refractivity contribution in [2.45, 2.75) is 25.8 Å². The maximum Gasteiger partial charge on any atom is 0.251 e. The summed E-state index contributed by atoms with van der Waals surface area (Å²) in [4.78, 5) is 33.5. The Hall–Kier alpha value is -2.48. The minimum atomic E-state index is -0.159. The zero-order valence-electron chi connectivity index (χ0n) is 18.3. The van der Waals surface area contributed by atoms with Gasteiger partial charge in [-0.05, 0) is 54.8 Å². The van der Waals surface area contributed by atoms with Gasteiger partial charge in [0.05, 0.1) is 13.2 Å². The highest BCUT2D eigenvalue weighted by atomic mass is 35.5. The highest BCUT2D eigenvalue weighted by molar-refractivity contribution is 6.30. The van der Waals surface area contributed by atoms with Gasteiger partial charge in [-0.2, -0.15) is 0 Å². The SMILES string of the molecule is O=C(NCCCC(=O)N(CCCN1CCOCC1)Cc1ccncc1)c1ccc(Cl)cc1. The molecule has 32 heavy (non-hydrogen) atoms. The van der Waals surface area contributed by atoms with Crippen molar-refractivity contribution in [1.82, 2.24) is 20.1 Å². The Kier molecular flexibility index (Phi) is 9.94. The van der Waals surface area contributed by atoms with Crippen LogP contribution < -0.4 is 5.32 Å². The van der Waals surface area contributed by atoms with Crippen LogP contribution in [0.2, 0.25) is 5.02 Å². The molecule has 8 heteroatoms.